The van der Waals surface area contributed by atoms with Crippen molar-refractivity contribution in [3.8, 4) is 11.4 Å². The molecule has 8 heteroatoms. The number of aromatic amines is 1. The molecule has 1 atom stereocenters. The quantitative estimate of drug-likeness (QED) is 0.563. The molecular weight excluding hydrogens is 382 g/mol. The lowest BCUT2D eigenvalue weighted by atomic mass is 10.1. The Morgan fingerprint density at radius 3 is 2.87 bits per heavy atom. The largest absolute Gasteiger partial charge is 0.365 e. The Morgan fingerprint density at radius 1 is 1.20 bits per heavy atom. The van der Waals surface area contributed by atoms with Gasteiger partial charge in [0.15, 0.2) is 6.10 Å². The minimum Gasteiger partial charge on any atom is -0.365 e. The minimum absolute atomic E-state index is 0.0379. The van der Waals surface area contributed by atoms with Crippen molar-refractivity contribution in [2.75, 3.05) is 19.7 Å². The third kappa shape index (κ3) is 3.15. The zero-order valence-electron chi connectivity index (χ0n) is 16.8. The van der Waals surface area contributed by atoms with Crippen LogP contribution in [0.15, 0.2) is 47.2 Å². The van der Waals surface area contributed by atoms with E-state index in [2.05, 4.69) is 27.0 Å². The fourth-order valence-electron chi connectivity index (χ4n) is 3.80. The van der Waals surface area contributed by atoms with Gasteiger partial charge in [0.2, 0.25) is 5.82 Å². The zero-order valence-corrected chi connectivity index (χ0v) is 16.8. The number of pyridine rings is 1. The number of fused-ring (bicyclic) bond motifs is 1. The van der Waals surface area contributed by atoms with Crippen molar-refractivity contribution in [1.82, 2.24) is 25.0 Å². The van der Waals surface area contributed by atoms with E-state index in [-0.39, 0.29) is 5.91 Å². The maximum absolute atomic E-state index is 13.3. The smallest absolute Gasteiger partial charge is 0.257 e. The van der Waals surface area contributed by atoms with Crippen LogP contribution in [0.3, 0.4) is 0 Å². The van der Waals surface area contributed by atoms with Crippen LogP contribution < -0.4 is 0 Å². The first-order valence-corrected chi connectivity index (χ1v) is 9.84. The summed E-state index contributed by atoms with van der Waals surface area (Å²) < 4.78 is 11.3. The highest BCUT2D eigenvalue weighted by Gasteiger charge is 2.31. The summed E-state index contributed by atoms with van der Waals surface area (Å²) in [5.41, 5.74) is 4.58. The number of amides is 1. The summed E-state index contributed by atoms with van der Waals surface area (Å²) in [6, 6.07) is 9.44. The highest BCUT2D eigenvalue weighted by Crippen LogP contribution is 2.28. The third-order valence-electron chi connectivity index (χ3n) is 5.58. The molecule has 5 rings (SSSR count). The number of carbonyl (C=O) groups excluding carboxylic acids is 1. The second kappa shape index (κ2) is 7.38. The van der Waals surface area contributed by atoms with E-state index in [4.69, 9.17) is 9.26 Å². The molecule has 1 aromatic carbocycles. The predicted octanol–water partition coefficient (Wildman–Crippen LogP) is 3.44. The number of carbonyl (C=O) groups is 1. The Balaban J connectivity index is 1.39. The Bertz CT molecular complexity index is 1210. The van der Waals surface area contributed by atoms with Crippen LogP contribution in [0.5, 0.6) is 0 Å². The van der Waals surface area contributed by atoms with Crippen molar-refractivity contribution in [2.45, 2.75) is 20.0 Å². The molecule has 0 spiro atoms. The van der Waals surface area contributed by atoms with Gasteiger partial charge in [-0.05, 0) is 37.6 Å². The van der Waals surface area contributed by atoms with Crippen LogP contribution in [0.4, 0.5) is 0 Å². The van der Waals surface area contributed by atoms with Crippen molar-refractivity contribution in [1.29, 1.82) is 0 Å². The second-order valence-electron chi connectivity index (χ2n) is 7.41. The fourth-order valence-corrected chi connectivity index (χ4v) is 3.80. The molecule has 1 aliphatic rings. The van der Waals surface area contributed by atoms with E-state index in [1.165, 1.54) is 0 Å². The molecule has 30 heavy (non-hydrogen) atoms. The van der Waals surface area contributed by atoms with E-state index in [1.54, 1.807) is 17.3 Å². The van der Waals surface area contributed by atoms with Gasteiger partial charge in [-0.15, -0.1) is 0 Å². The average Bonchev–Trinajstić information content (AvgIpc) is 3.39. The molecule has 1 saturated heterocycles. The molecule has 0 aliphatic carbocycles. The molecule has 4 aromatic rings. The van der Waals surface area contributed by atoms with Gasteiger partial charge in [0.05, 0.1) is 24.2 Å². The van der Waals surface area contributed by atoms with Gasteiger partial charge in [0, 0.05) is 35.6 Å². The molecular formula is C22H21N5O3. The number of hydrogen-bond donors (Lipinski definition) is 1. The van der Waals surface area contributed by atoms with Crippen molar-refractivity contribution >= 4 is 16.8 Å². The Morgan fingerprint density at radius 2 is 2.03 bits per heavy atom. The Labute approximate surface area is 172 Å². The van der Waals surface area contributed by atoms with E-state index in [0.29, 0.717) is 37.0 Å². The van der Waals surface area contributed by atoms with Gasteiger partial charge in [-0.1, -0.05) is 17.3 Å². The van der Waals surface area contributed by atoms with E-state index < -0.39 is 6.10 Å². The van der Waals surface area contributed by atoms with Crippen LogP contribution in [-0.4, -0.2) is 50.6 Å². The summed E-state index contributed by atoms with van der Waals surface area (Å²) in [5, 5.41) is 5.11. The maximum atomic E-state index is 13.3. The van der Waals surface area contributed by atoms with Gasteiger partial charge in [-0.2, -0.15) is 4.98 Å². The molecule has 1 fully saturated rings. The van der Waals surface area contributed by atoms with Crippen molar-refractivity contribution in [3.05, 3.63) is 65.4 Å². The topological polar surface area (TPSA) is 97.1 Å². The van der Waals surface area contributed by atoms with Crippen molar-refractivity contribution in [2.24, 2.45) is 0 Å². The molecule has 1 unspecified atom stereocenters. The van der Waals surface area contributed by atoms with Gasteiger partial charge in [0.25, 0.3) is 11.8 Å². The normalized spacial score (nSPS) is 16.9. The third-order valence-corrected chi connectivity index (χ3v) is 5.58. The predicted molar refractivity (Wildman–Crippen MR) is 110 cm³/mol. The number of aryl methyl sites for hydroxylation is 2. The van der Waals surface area contributed by atoms with E-state index in [1.807, 2.05) is 37.3 Å². The number of nitrogens with one attached hydrogen (secondary N) is 1. The summed E-state index contributed by atoms with van der Waals surface area (Å²) in [4.78, 5) is 26.9. The van der Waals surface area contributed by atoms with Crippen LogP contribution in [0, 0.1) is 13.8 Å². The second-order valence-corrected chi connectivity index (χ2v) is 7.41. The van der Waals surface area contributed by atoms with Gasteiger partial charge in [-0.25, -0.2) is 0 Å². The minimum atomic E-state index is -0.461. The number of H-pyrrole nitrogens is 1. The van der Waals surface area contributed by atoms with Crippen molar-refractivity contribution in [3.63, 3.8) is 0 Å². The molecule has 1 N–H and O–H groups in total. The number of rotatable bonds is 3. The number of para-hydroxylation sites is 1. The molecule has 1 amide bonds. The molecule has 1 aliphatic heterocycles. The lowest BCUT2D eigenvalue weighted by molar-refractivity contribution is -0.0366. The molecule has 3 aromatic heterocycles. The highest BCUT2D eigenvalue weighted by atomic mass is 16.5. The number of hydrogen-bond acceptors (Lipinski definition) is 6. The van der Waals surface area contributed by atoms with E-state index in [9.17, 15) is 4.79 Å². The lowest BCUT2D eigenvalue weighted by Gasteiger charge is -2.31. The van der Waals surface area contributed by atoms with Gasteiger partial charge in [0.1, 0.15) is 0 Å². The molecule has 152 valence electrons. The first-order valence-electron chi connectivity index (χ1n) is 9.84. The summed E-state index contributed by atoms with van der Waals surface area (Å²) in [6.45, 7) is 5.34. The first kappa shape index (κ1) is 18.5. The summed E-state index contributed by atoms with van der Waals surface area (Å²) in [5.74, 6) is 0.801. The number of aromatic nitrogens is 4. The van der Waals surface area contributed by atoms with Gasteiger partial charge in [-0.3, -0.25) is 9.78 Å². The number of morpholine rings is 1. The van der Waals surface area contributed by atoms with E-state index in [0.717, 1.165) is 27.7 Å². The highest BCUT2D eigenvalue weighted by molar-refractivity contribution is 6.06. The molecule has 0 radical (unpaired) electrons. The first-order chi connectivity index (χ1) is 14.6. The molecule has 0 saturated carbocycles. The monoisotopic (exact) mass is 403 g/mol. The fraction of sp³-hybridized carbons (Fsp3) is 0.273. The van der Waals surface area contributed by atoms with Crippen LogP contribution in [0.1, 0.15) is 33.6 Å². The van der Waals surface area contributed by atoms with Crippen LogP contribution >= 0.6 is 0 Å². The Kier molecular flexibility index (Phi) is 4.55. The summed E-state index contributed by atoms with van der Waals surface area (Å²) in [6.07, 6.45) is 2.89. The number of nitrogens with zero attached hydrogens (tertiary/aromatic N) is 4. The van der Waals surface area contributed by atoms with Gasteiger partial charge >= 0.3 is 0 Å². The standard InChI is InChI=1S/C22H21N5O3/c1-13-14(2)24-19-16(13)4-3-5-17(19)22(28)27-10-11-29-18(12-27)21-25-20(26-30-21)15-6-8-23-9-7-15/h3-9,18,24H,10-12H2,1-2H3. The SMILES string of the molecule is Cc1[nH]c2c(C(=O)N3CCOC(c4nc(-c5ccncc5)no4)C3)cccc2c1C. The summed E-state index contributed by atoms with van der Waals surface area (Å²) >= 11 is 0. The Hall–Kier alpha value is -3.52. The zero-order chi connectivity index (χ0) is 20.7. The molecule has 0 bridgehead atoms. The molecule has 8 nitrogen and oxygen atoms in total. The van der Waals surface area contributed by atoms with Crippen LogP contribution in [0.25, 0.3) is 22.3 Å². The van der Waals surface area contributed by atoms with Crippen molar-refractivity contribution < 1.29 is 14.1 Å². The maximum Gasteiger partial charge on any atom is 0.257 e. The molecule has 4 heterocycles. The summed E-state index contributed by atoms with van der Waals surface area (Å²) in [7, 11) is 0. The van der Waals surface area contributed by atoms with Crippen LogP contribution in [-0.2, 0) is 4.74 Å². The lowest BCUT2D eigenvalue weighted by Crippen LogP contribution is -2.42. The van der Waals surface area contributed by atoms with E-state index >= 15 is 0 Å². The number of ether oxygens (including phenoxy) is 1. The average molecular weight is 403 g/mol. The van der Waals surface area contributed by atoms with Gasteiger partial charge < -0.3 is 19.1 Å². The number of benzene rings is 1. The van der Waals surface area contributed by atoms with Crippen LogP contribution in [0.2, 0.25) is 0 Å².